The first-order chi connectivity index (χ1) is 17.4. The summed E-state index contributed by atoms with van der Waals surface area (Å²) in [6.07, 6.45) is 3.25. The van der Waals surface area contributed by atoms with Gasteiger partial charge < -0.3 is 10.0 Å². The van der Waals surface area contributed by atoms with Crippen LogP contribution in [0, 0.1) is 5.92 Å². The standard InChI is InChI=1S/C25H33N7O2S2/c1-4-19-16-26-24(35-19)28-22-27-23(32-11-9-31(10-12-32)13-14-33)30-25(29-22)36-20-7-5-18(6-8-20)15-21(34)17(2)3/h5-8,16-17,33H,4,9-15H2,1-3H3,(H,26,27,28,29,30). The number of thiazole rings is 1. The van der Waals surface area contributed by atoms with Crippen LogP contribution >= 0.6 is 23.1 Å². The number of benzene rings is 1. The fourth-order valence-corrected chi connectivity index (χ4v) is 5.20. The molecule has 36 heavy (non-hydrogen) atoms. The van der Waals surface area contributed by atoms with E-state index in [0.29, 0.717) is 30.0 Å². The maximum atomic E-state index is 12.1. The molecule has 0 radical (unpaired) electrons. The van der Waals surface area contributed by atoms with E-state index in [1.807, 2.05) is 44.3 Å². The predicted molar refractivity (Wildman–Crippen MR) is 144 cm³/mol. The number of rotatable bonds is 11. The molecule has 11 heteroatoms. The average molecular weight is 528 g/mol. The number of nitrogens with zero attached hydrogens (tertiary/aromatic N) is 6. The van der Waals surface area contributed by atoms with Gasteiger partial charge in [0.15, 0.2) is 10.3 Å². The third-order valence-corrected chi connectivity index (χ3v) is 7.88. The first-order valence-corrected chi connectivity index (χ1v) is 13.9. The van der Waals surface area contributed by atoms with Crippen molar-refractivity contribution in [1.29, 1.82) is 0 Å². The Hall–Kier alpha value is -2.60. The second-order valence-corrected chi connectivity index (χ2v) is 11.1. The molecule has 2 aromatic heterocycles. The molecule has 3 heterocycles. The molecule has 192 valence electrons. The molecule has 1 aliphatic rings. The zero-order chi connectivity index (χ0) is 25.5. The van der Waals surface area contributed by atoms with Gasteiger partial charge in [-0.15, -0.1) is 11.3 Å². The van der Waals surface area contributed by atoms with Crippen molar-refractivity contribution in [1.82, 2.24) is 24.8 Å². The first-order valence-electron chi connectivity index (χ1n) is 12.3. The number of anilines is 3. The highest BCUT2D eigenvalue weighted by Gasteiger charge is 2.21. The van der Waals surface area contributed by atoms with E-state index in [4.69, 9.17) is 9.97 Å². The van der Waals surface area contributed by atoms with Gasteiger partial charge in [0.05, 0.1) is 6.61 Å². The van der Waals surface area contributed by atoms with Crippen LogP contribution in [0.3, 0.4) is 0 Å². The van der Waals surface area contributed by atoms with Crippen LogP contribution in [0.4, 0.5) is 17.0 Å². The number of nitrogens with one attached hydrogen (secondary N) is 1. The first kappa shape index (κ1) is 26.5. The Kier molecular flexibility index (Phi) is 9.24. The van der Waals surface area contributed by atoms with Crippen molar-refractivity contribution in [2.45, 2.75) is 43.7 Å². The SMILES string of the molecule is CCc1cnc(Nc2nc(Sc3ccc(CC(=O)C(C)C)cc3)nc(N3CCN(CCO)CC3)n2)s1. The molecule has 1 aromatic carbocycles. The van der Waals surface area contributed by atoms with Crippen LogP contribution in [-0.4, -0.2) is 75.1 Å². The third kappa shape index (κ3) is 7.22. The smallest absolute Gasteiger partial charge is 0.234 e. The summed E-state index contributed by atoms with van der Waals surface area (Å²) in [6, 6.07) is 8.00. The number of carbonyl (C=O) groups excluding carboxylic acids is 1. The highest BCUT2D eigenvalue weighted by Crippen LogP contribution is 2.29. The molecular weight excluding hydrogens is 494 g/mol. The van der Waals surface area contributed by atoms with Gasteiger partial charge in [-0.05, 0) is 35.9 Å². The fraction of sp³-hybridized carbons (Fsp3) is 0.480. The molecular formula is C25H33N7O2S2. The van der Waals surface area contributed by atoms with E-state index in [9.17, 15) is 9.90 Å². The van der Waals surface area contributed by atoms with Gasteiger partial charge in [-0.2, -0.15) is 15.0 Å². The number of aliphatic hydroxyl groups is 1. The molecule has 0 amide bonds. The molecule has 0 saturated carbocycles. The van der Waals surface area contributed by atoms with Crippen LogP contribution in [0.5, 0.6) is 0 Å². The van der Waals surface area contributed by atoms with E-state index >= 15 is 0 Å². The molecule has 9 nitrogen and oxygen atoms in total. The minimum Gasteiger partial charge on any atom is -0.395 e. The Balaban J connectivity index is 1.53. The minimum atomic E-state index is 0.0327. The van der Waals surface area contributed by atoms with Crippen molar-refractivity contribution < 1.29 is 9.90 Å². The lowest BCUT2D eigenvalue weighted by Crippen LogP contribution is -2.47. The Morgan fingerprint density at radius 3 is 2.53 bits per heavy atom. The molecule has 4 rings (SSSR count). The Morgan fingerprint density at radius 2 is 1.89 bits per heavy atom. The maximum Gasteiger partial charge on any atom is 0.234 e. The van der Waals surface area contributed by atoms with Crippen molar-refractivity contribution in [3.05, 3.63) is 40.9 Å². The summed E-state index contributed by atoms with van der Waals surface area (Å²) in [4.78, 5) is 37.2. The molecule has 0 spiro atoms. The van der Waals surface area contributed by atoms with Crippen molar-refractivity contribution in [3.8, 4) is 0 Å². The summed E-state index contributed by atoms with van der Waals surface area (Å²) in [5.41, 5.74) is 1.01. The van der Waals surface area contributed by atoms with E-state index in [1.165, 1.54) is 16.6 Å². The summed E-state index contributed by atoms with van der Waals surface area (Å²) >= 11 is 3.06. The van der Waals surface area contributed by atoms with Crippen molar-refractivity contribution >= 4 is 45.9 Å². The quantitative estimate of drug-likeness (QED) is 0.383. The Labute approximate surface area is 220 Å². The highest BCUT2D eigenvalue weighted by molar-refractivity contribution is 7.99. The second-order valence-electron chi connectivity index (χ2n) is 8.95. The zero-order valence-corrected chi connectivity index (χ0v) is 22.6. The van der Waals surface area contributed by atoms with Gasteiger partial charge in [0.25, 0.3) is 0 Å². The van der Waals surface area contributed by atoms with E-state index in [1.54, 1.807) is 11.3 Å². The number of aryl methyl sites for hydroxylation is 1. The number of aliphatic hydroxyl groups excluding tert-OH is 1. The third-order valence-electron chi connectivity index (χ3n) is 5.95. The summed E-state index contributed by atoms with van der Waals surface area (Å²) in [7, 11) is 0. The summed E-state index contributed by atoms with van der Waals surface area (Å²) in [5.74, 6) is 1.37. The lowest BCUT2D eigenvalue weighted by Gasteiger charge is -2.34. The molecule has 2 N–H and O–H groups in total. The lowest BCUT2D eigenvalue weighted by molar-refractivity contribution is -0.121. The van der Waals surface area contributed by atoms with Gasteiger partial charge in [0, 0.05) is 61.0 Å². The van der Waals surface area contributed by atoms with Crippen LogP contribution in [0.15, 0.2) is 40.5 Å². The van der Waals surface area contributed by atoms with Gasteiger partial charge in [0.1, 0.15) is 5.78 Å². The van der Waals surface area contributed by atoms with E-state index < -0.39 is 0 Å². The normalized spacial score (nSPS) is 14.4. The average Bonchev–Trinajstić information content (AvgIpc) is 3.33. The van der Waals surface area contributed by atoms with E-state index in [0.717, 1.165) is 48.2 Å². The van der Waals surface area contributed by atoms with Crippen molar-refractivity contribution in [2.24, 2.45) is 5.92 Å². The van der Waals surface area contributed by atoms with Crippen molar-refractivity contribution in [3.63, 3.8) is 0 Å². The summed E-state index contributed by atoms with van der Waals surface area (Å²) in [6.45, 7) is 10.1. The number of hydrogen-bond donors (Lipinski definition) is 2. The molecule has 0 unspecified atom stereocenters. The van der Waals surface area contributed by atoms with Crippen molar-refractivity contribution in [2.75, 3.05) is 49.5 Å². The summed E-state index contributed by atoms with van der Waals surface area (Å²) in [5, 5.41) is 13.8. The predicted octanol–water partition coefficient (Wildman–Crippen LogP) is 3.67. The van der Waals surface area contributed by atoms with Gasteiger partial charge >= 0.3 is 0 Å². The largest absolute Gasteiger partial charge is 0.395 e. The fourth-order valence-electron chi connectivity index (χ4n) is 3.71. The topological polar surface area (TPSA) is 107 Å². The monoisotopic (exact) mass is 527 g/mol. The number of Topliss-reactive ketones (excluding diaryl/α,β-unsaturated/α-hetero) is 1. The number of ketones is 1. The Morgan fingerprint density at radius 1 is 1.14 bits per heavy atom. The minimum absolute atomic E-state index is 0.0327. The maximum absolute atomic E-state index is 12.1. The van der Waals surface area contributed by atoms with Gasteiger partial charge in [-0.3, -0.25) is 15.0 Å². The van der Waals surface area contributed by atoms with Gasteiger partial charge in [-0.1, -0.05) is 32.9 Å². The van der Waals surface area contributed by atoms with Crippen LogP contribution in [0.25, 0.3) is 0 Å². The highest BCUT2D eigenvalue weighted by atomic mass is 32.2. The Bertz CT molecular complexity index is 1150. The molecule has 1 fully saturated rings. The van der Waals surface area contributed by atoms with Crippen LogP contribution in [0.2, 0.25) is 0 Å². The lowest BCUT2D eigenvalue weighted by atomic mass is 10.0. The number of β-amino-alcohol motifs (C(OH)–C–C–N with tert-alkyl or cyclic N) is 1. The number of piperazine rings is 1. The number of aromatic nitrogens is 4. The molecule has 0 bridgehead atoms. The van der Waals surface area contributed by atoms with Crippen LogP contribution < -0.4 is 10.2 Å². The molecule has 1 saturated heterocycles. The number of hydrogen-bond acceptors (Lipinski definition) is 11. The molecule has 0 aliphatic carbocycles. The molecule has 3 aromatic rings. The zero-order valence-electron chi connectivity index (χ0n) is 21.0. The molecule has 1 aliphatic heterocycles. The van der Waals surface area contributed by atoms with Crippen LogP contribution in [0.1, 0.15) is 31.2 Å². The van der Waals surface area contributed by atoms with E-state index in [-0.39, 0.29) is 18.3 Å². The second kappa shape index (κ2) is 12.6. The number of carbonyl (C=O) groups is 1. The molecule has 0 atom stereocenters. The van der Waals surface area contributed by atoms with E-state index in [2.05, 4.69) is 32.0 Å². The van der Waals surface area contributed by atoms with Gasteiger partial charge in [0.2, 0.25) is 11.9 Å². The van der Waals surface area contributed by atoms with Crippen LogP contribution in [-0.2, 0) is 17.6 Å². The van der Waals surface area contributed by atoms with Gasteiger partial charge in [-0.25, -0.2) is 4.98 Å². The summed E-state index contributed by atoms with van der Waals surface area (Å²) < 4.78 is 0.